The number of nitrogens with zero attached hydrogens (tertiary/aromatic N) is 8. The third kappa shape index (κ3) is 7.17. The lowest BCUT2D eigenvalue weighted by molar-refractivity contribution is -0.134. The smallest absolute Gasteiger partial charge is 0.234 e. The number of imide groups is 1. The van der Waals surface area contributed by atoms with Crippen LogP contribution in [0.15, 0.2) is 79.5 Å². The van der Waals surface area contributed by atoms with E-state index in [1.807, 2.05) is 59.4 Å². The fourth-order valence-corrected chi connectivity index (χ4v) is 7.59. The molecule has 0 spiro atoms. The molecule has 0 aliphatic carbocycles. The van der Waals surface area contributed by atoms with E-state index in [1.165, 1.54) is 5.69 Å². The molecule has 2 aromatic carbocycles. The van der Waals surface area contributed by atoms with Crippen LogP contribution in [0.1, 0.15) is 43.2 Å². The first-order valence-corrected chi connectivity index (χ1v) is 17.9. The molecule has 13 heteroatoms. The van der Waals surface area contributed by atoms with Crippen LogP contribution in [0.4, 0.5) is 17.2 Å². The number of hydrogen-bond acceptors (Lipinski definition) is 10. The van der Waals surface area contributed by atoms with E-state index < -0.39 is 0 Å². The first-order chi connectivity index (χ1) is 25.0. The van der Waals surface area contributed by atoms with E-state index in [2.05, 4.69) is 53.3 Å². The zero-order valence-electron chi connectivity index (χ0n) is 28.9. The molecule has 0 saturated carbocycles. The van der Waals surface area contributed by atoms with Gasteiger partial charge in [0.1, 0.15) is 5.75 Å². The van der Waals surface area contributed by atoms with Crippen LogP contribution >= 0.6 is 0 Å². The van der Waals surface area contributed by atoms with Gasteiger partial charge in [0.2, 0.25) is 11.8 Å². The maximum atomic E-state index is 12.3. The lowest BCUT2D eigenvalue weighted by Crippen LogP contribution is -2.49. The highest BCUT2D eigenvalue weighted by Crippen LogP contribution is 2.30. The first-order valence-electron chi connectivity index (χ1n) is 17.9. The number of piperidine rings is 2. The number of rotatable bonds is 10. The number of benzene rings is 2. The first kappa shape index (κ1) is 32.9. The fourth-order valence-electron chi connectivity index (χ4n) is 7.59. The second-order valence-electron chi connectivity index (χ2n) is 13.7. The highest BCUT2D eigenvalue weighted by atomic mass is 16.5. The summed E-state index contributed by atoms with van der Waals surface area (Å²) in [5.74, 6) is 0.890. The van der Waals surface area contributed by atoms with Gasteiger partial charge >= 0.3 is 0 Å². The Bertz CT molecular complexity index is 1990. The standard InChI is InChI=1S/C38H44N10O3/c1-51-32-4-2-3-28(23-32)34-25-40-36(37-39-13-16-47(34)37)42-29-24-41-48(26-29)31-11-14-44(15-12-31)17-18-45-19-21-46(22-20-45)30-7-5-27(6-8-30)33-9-10-35(49)43-38(33)50/h2-8,13,16,23-26,31,33H,9-12,14-15,17-22H2,1H3,(H,40,42)(H,43,49,50). The van der Waals surface area contributed by atoms with Gasteiger partial charge < -0.3 is 19.9 Å². The summed E-state index contributed by atoms with van der Waals surface area (Å²) >= 11 is 0. The quantitative estimate of drug-likeness (QED) is 0.205. The SMILES string of the molecule is COc1cccc(-c2cnc(Nc3cnn(C4CCN(CCN5CCN(c6ccc(C7CCC(=O)NC7=O)cc6)CC5)CC4)c3)c3nccn23)c1. The molecule has 6 heterocycles. The van der Waals surface area contributed by atoms with E-state index in [0.717, 1.165) is 99.1 Å². The number of nitrogens with one attached hydrogen (secondary N) is 2. The molecular weight excluding hydrogens is 644 g/mol. The molecule has 3 aliphatic rings. The van der Waals surface area contributed by atoms with E-state index in [9.17, 15) is 9.59 Å². The minimum Gasteiger partial charge on any atom is -0.497 e. The van der Waals surface area contributed by atoms with E-state index in [4.69, 9.17) is 14.8 Å². The maximum absolute atomic E-state index is 12.3. The zero-order valence-corrected chi connectivity index (χ0v) is 28.9. The molecule has 0 radical (unpaired) electrons. The van der Waals surface area contributed by atoms with Gasteiger partial charge in [-0.05, 0) is 49.1 Å². The molecule has 2 amide bonds. The Morgan fingerprint density at radius 2 is 1.69 bits per heavy atom. The van der Waals surface area contributed by atoms with E-state index in [-0.39, 0.29) is 17.7 Å². The fraction of sp³-hybridized carbons (Fsp3) is 0.395. The van der Waals surface area contributed by atoms with Crippen molar-refractivity contribution in [3.8, 4) is 17.0 Å². The number of aromatic nitrogens is 5. The molecule has 5 aromatic rings. The molecule has 3 aromatic heterocycles. The number of anilines is 3. The Balaban J connectivity index is 0.790. The van der Waals surface area contributed by atoms with Crippen molar-refractivity contribution in [3.05, 3.63) is 85.1 Å². The van der Waals surface area contributed by atoms with Crippen LogP contribution in [-0.2, 0) is 9.59 Å². The number of methoxy groups -OCH3 is 1. The van der Waals surface area contributed by atoms with Crippen LogP contribution in [0, 0.1) is 0 Å². The third-order valence-electron chi connectivity index (χ3n) is 10.6. The van der Waals surface area contributed by atoms with Crippen molar-refractivity contribution in [3.63, 3.8) is 0 Å². The van der Waals surface area contributed by atoms with E-state index >= 15 is 0 Å². The van der Waals surface area contributed by atoms with Gasteiger partial charge in [0, 0.05) is 88.6 Å². The van der Waals surface area contributed by atoms with Crippen molar-refractivity contribution in [1.29, 1.82) is 0 Å². The summed E-state index contributed by atoms with van der Waals surface area (Å²) in [4.78, 5) is 40.7. The predicted molar refractivity (Wildman–Crippen MR) is 195 cm³/mol. The highest BCUT2D eigenvalue weighted by Gasteiger charge is 2.28. The molecule has 2 N–H and O–H groups in total. The van der Waals surface area contributed by atoms with Crippen LogP contribution in [0.3, 0.4) is 0 Å². The number of likely N-dealkylation sites (tertiary alicyclic amines) is 1. The van der Waals surface area contributed by atoms with Crippen molar-refractivity contribution >= 4 is 34.7 Å². The monoisotopic (exact) mass is 688 g/mol. The Hall–Kier alpha value is -5.27. The van der Waals surface area contributed by atoms with Gasteiger partial charge in [0.05, 0.1) is 42.8 Å². The summed E-state index contributed by atoms with van der Waals surface area (Å²) in [6.45, 7) is 8.35. The van der Waals surface area contributed by atoms with Gasteiger partial charge in [-0.1, -0.05) is 24.3 Å². The normalized spacial score (nSPS) is 19.4. The number of hydrogen-bond donors (Lipinski definition) is 2. The lowest BCUT2D eigenvalue weighted by Gasteiger charge is -2.38. The number of fused-ring (bicyclic) bond motifs is 1. The minimum atomic E-state index is -0.236. The average Bonchev–Trinajstić information content (AvgIpc) is 3.86. The molecule has 3 saturated heterocycles. The van der Waals surface area contributed by atoms with Gasteiger partial charge in [0.25, 0.3) is 0 Å². The summed E-state index contributed by atoms with van der Waals surface area (Å²) in [6, 6.07) is 16.6. The number of ether oxygens (including phenoxy) is 1. The van der Waals surface area contributed by atoms with Crippen molar-refractivity contribution in [2.75, 3.05) is 69.7 Å². The summed E-state index contributed by atoms with van der Waals surface area (Å²) in [7, 11) is 1.67. The van der Waals surface area contributed by atoms with Crippen LogP contribution in [0.2, 0.25) is 0 Å². The molecule has 13 nitrogen and oxygen atoms in total. The lowest BCUT2D eigenvalue weighted by atomic mass is 9.90. The summed E-state index contributed by atoms with van der Waals surface area (Å²) in [6.07, 6.45) is 12.7. The number of carbonyl (C=O) groups is 2. The van der Waals surface area contributed by atoms with Gasteiger partial charge in [-0.3, -0.25) is 28.9 Å². The minimum absolute atomic E-state index is 0.174. The second-order valence-corrected chi connectivity index (χ2v) is 13.7. The van der Waals surface area contributed by atoms with E-state index in [1.54, 1.807) is 13.3 Å². The topological polar surface area (TPSA) is 125 Å². The number of carbonyl (C=O) groups excluding carboxylic acids is 2. The van der Waals surface area contributed by atoms with E-state index in [0.29, 0.717) is 24.7 Å². The second kappa shape index (κ2) is 14.5. The highest BCUT2D eigenvalue weighted by molar-refractivity contribution is 6.01. The summed E-state index contributed by atoms with van der Waals surface area (Å²) in [5, 5.41) is 10.6. The Labute approximate surface area is 297 Å². The molecule has 264 valence electrons. The van der Waals surface area contributed by atoms with Crippen LogP contribution in [-0.4, -0.2) is 105 Å². The summed E-state index contributed by atoms with van der Waals surface area (Å²) in [5.41, 5.74) is 5.76. The van der Waals surface area contributed by atoms with Crippen molar-refractivity contribution in [2.45, 2.75) is 37.6 Å². The number of imidazole rings is 1. The molecule has 3 fully saturated rings. The maximum Gasteiger partial charge on any atom is 0.234 e. The zero-order chi connectivity index (χ0) is 34.7. The molecule has 51 heavy (non-hydrogen) atoms. The van der Waals surface area contributed by atoms with Crippen LogP contribution in [0.5, 0.6) is 5.75 Å². The van der Waals surface area contributed by atoms with Gasteiger partial charge in [-0.15, -0.1) is 0 Å². The summed E-state index contributed by atoms with van der Waals surface area (Å²) < 4.78 is 9.56. The average molecular weight is 689 g/mol. The van der Waals surface area contributed by atoms with Gasteiger partial charge in [0.15, 0.2) is 11.5 Å². The van der Waals surface area contributed by atoms with Crippen molar-refractivity contribution in [1.82, 2.24) is 39.3 Å². The van der Waals surface area contributed by atoms with Crippen molar-refractivity contribution in [2.24, 2.45) is 0 Å². The van der Waals surface area contributed by atoms with Gasteiger partial charge in [-0.25, -0.2) is 9.97 Å². The molecule has 3 aliphatic heterocycles. The van der Waals surface area contributed by atoms with Crippen molar-refractivity contribution < 1.29 is 14.3 Å². The molecule has 0 bridgehead atoms. The van der Waals surface area contributed by atoms with Crippen LogP contribution in [0.25, 0.3) is 16.9 Å². The van der Waals surface area contributed by atoms with Gasteiger partial charge in [-0.2, -0.15) is 5.10 Å². The molecule has 1 atom stereocenters. The largest absolute Gasteiger partial charge is 0.497 e. The molecular formula is C38H44N10O3. The number of amides is 2. The molecule has 1 unspecified atom stereocenters. The Kier molecular flexibility index (Phi) is 9.37. The third-order valence-corrected chi connectivity index (χ3v) is 10.6. The number of piperazine rings is 1. The molecule has 8 rings (SSSR count). The Morgan fingerprint density at radius 3 is 2.45 bits per heavy atom. The predicted octanol–water partition coefficient (Wildman–Crippen LogP) is 4.32. The van der Waals surface area contributed by atoms with Crippen LogP contribution < -0.4 is 20.3 Å². The Morgan fingerprint density at radius 1 is 0.902 bits per heavy atom.